The fourth-order valence-electron chi connectivity index (χ4n) is 2.45. The van der Waals surface area contributed by atoms with Gasteiger partial charge in [-0.3, -0.25) is 19.8 Å². The van der Waals surface area contributed by atoms with E-state index in [1.54, 1.807) is 18.5 Å². The molecule has 2 N–H and O–H groups in total. The number of rotatable bonds is 5. The number of aryl methyl sites for hydroxylation is 1. The third-order valence-electron chi connectivity index (χ3n) is 3.63. The minimum atomic E-state index is -0.202. The van der Waals surface area contributed by atoms with Crippen LogP contribution in [0.25, 0.3) is 0 Å². The molecule has 3 rings (SSSR count). The van der Waals surface area contributed by atoms with Crippen LogP contribution in [0.1, 0.15) is 24.7 Å². The predicted molar refractivity (Wildman–Crippen MR) is 83.8 cm³/mol. The minimum Gasteiger partial charge on any atom is -0.367 e. The van der Waals surface area contributed by atoms with Crippen molar-refractivity contribution in [1.29, 1.82) is 0 Å². The molecule has 1 atom stereocenters. The quantitative estimate of drug-likeness (QED) is 0.846. The van der Waals surface area contributed by atoms with Gasteiger partial charge in [0.05, 0.1) is 25.0 Å². The van der Waals surface area contributed by atoms with Gasteiger partial charge in [-0.1, -0.05) is 6.92 Å². The molecular formula is C15H20N6O2. The summed E-state index contributed by atoms with van der Waals surface area (Å²) in [5.74, 6) is 1.43. The van der Waals surface area contributed by atoms with Crippen molar-refractivity contribution in [2.24, 2.45) is 0 Å². The van der Waals surface area contributed by atoms with Crippen LogP contribution in [0.5, 0.6) is 0 Å². The van der Waals surface area contributed by atoms with Crippen LogP contribution in [0, 0.1) is 0 Å². The predicted octanol–water partition coefficient (Wildman–Crippen LogP) is 0.774. The Hall–Kier alpha value is -2.32. The van der Waals surface area contributed by atoms with Crippen LogP contribution in [-0.4, -0.2) is 57.2 Å². The first-order valence-corrected chi connectivity index (χ1v) is 7.69. The molecule has 1 saturated heterocycles. The Bertz CT molecular complexity index is 644. The maximum Gasteiger partial charge on any atom is 0.238 e. The summed E-state index contributed by atoms with van der Waals surface area (Å²) in [5.41, 5.74) is 0.698. The Morgan fingerprint density at radius 3 is 3.22 bits per heavy atom. The molecule has 0 bridgehead atoms. The number of pyridine rings is 1. The van der Waals surface area contributed by atoms with E-state index in [-0.39, 0.29) is 12.0 Å². The van der Waals surface area contributed by atoms with Crippen molar-refractivity contribution in [3.63, 3.8) is 0 Å². The standard InChI is InChI=1S/C15H20N6O2/c1-2-13-18-15(20-19-13)12-9-21(6-7-23-12)10-14(22)17-11-4-3-5-16-8-11/h3-5,8,12H,2,6-7,9-10H2,1H3,(H,17,22)(H,18,19,20)/t12-/m0/s1. The molecule has 0 radical (unpaired) electrons. The van der Waals surface area contributed by atoms with Crippen molar-refractivity contribution in [1.82, 2.24) is 25.1 Å². The number of carbonyl (C=O) groups excluding carboxylic acids is 1. The van der Waals surface area contributed by atoms with Crippen LogP contribution in [0.2, 0.25) is 0 Å². The molecule has 0 aromatic carbocycles. The Balaban J connectivity index is 1.55. The lowest BCUT2D eigenvalue weighted by atomic mass is 10.2. The van der Waals surface area contributed by atoms with E-state index in [4.69, 9.17) is 4.74 Å². The summed E-state index contributed by atoms with van der Waals surface area (Å²) in [5, 5.41) is 9.93. The molecule has 1 fully saturated rings. The van der Waals surface area contributed by atoms with E-state index in [9.17, 15) is 4.79 Å². The SMILES string of the molecule is CCc1nc([C@@H]2CN(CC(=O)Nc3cccnc3)CCO2)n[nH]1. The third-order valence-corrected chi connectivity index (χ3v) is 3.63. The van der Waals surface area contributed by atoms with Crippen molar-refractivity contribution < 1.29 is 9.53 Å². The van der Waals surface area contributed by atoms with Crippen molar-refractivity contribution in [3.8, 4) is 0 Å². The van der Waals surface area contributed by atoms with Gasteiger partial charge in [0, 0.05) is 25.7 Å². The molecule has 3 heterocycles. The fourth-order valence-corrected chi connectivity index (χ4v) is 2.45. The number of hydrogen-bond acceptors (Lipinski definition) is 6. The zero-order chi connectivity index (χ0) is 16.1. The molecule has 23 heavy (non-hydrogen) atoms. The Morgan fingerprint density at radius 1 is 1.57 bits per heavy atom. The highest BCUT2D eigenvalue weighted by atomic mass is 16.5. The van der Waals surface area contributed by atoms with Crippen LogP contribution in [0.3, 0.4) is 0 Å². The van der Waals surface area contributed by atoms with Gasteiger partial charge < -0.3 is 10.1 Å². The van der Waals surface area contributed by atoms with Gasteiger partial charge in [0.2, 0.25) is 5.91 Å². The van der Waals surface area contributed by atoms with E-state index in [1.165, 1.54) is 0 Å². The molecule has 1 aliphatic rings. The monoisotopic (exact) mass is 316 g/mol. The third kappa shape index (κ3) is 4.11. The zero-order valence-electron chi connectivity index (χ0n) is 13.0. The van der Waals surface area contributed by atoms with Crippen LogP contribution >= 0.6 is 0 Å². The van der Waals surface area contributed by atoms with Crippen LogP contribution in [-0.2, 0) is 16.0 Å². The Labute approximate surface area is 134 Å². The van der Waals surface area contributed by atoms with Gasteiger partial charge in [0.15, 0.2) is 5.82 Å². The lowest BCUT2D eigenvalue weighted by Gasteiger charge is -2.30. The minimum absolute atomic E-state index is 0.0668. The zero-order valence-corrected chi connectivity index (χ0v) is 13.0. The van der Waals surface area contributed by atoms with E-state index >= 15 is 0 Å². The first-order chi connectivity index (χ1) is 11.2. The molecule has 0 spiro atoms. The molecule has 122 valence electrons. The van der Waals surface area contributed by atoms with Gasteiger partial charge in [0.25, 0.3) is 0 Å². The molecule has 8 heteroatoms. The number of nitrogens with zero attached hydrogens (tertiary/aromatic N) is 4. The number of amides is 1. The van der Waals surface area contributed by atoms with Gasteiger partial charge >= 0.3 is 0 Å². The lowest BCUT2D eigenvalue weighted by molar-refractivity contribution is -0.119. The molecule has 2 aromatic rings. The second-order valence-electron chi connectivity index (χ2n) is 5.38. The number of aromatic amines is 1. The van der Waals surface area contributed by atoms with E-state index in [0.717, 1.165) is 12.2 Å². The van der Waals surface area contributed by atoms with Gasteiger partial charge in [-0.05, 0) is 12.1 Å². The Morgan fingerprint density at radius 2 is 2.48 bits per heavy atom. The maximum atomic E-state index is 12.1. The van der Waals surface area contributed by atoms with Crippen molar-refractivity contribution in [2.45, 2.75) is 19.4 Å². The summed E-state index contributed by atoms with van der Waals surface area (Å²) in [7, 11) is 0. The van der Waals surface area contributed by atoms with Crippen LogP contribution in [0.4, 0.5) is 5.69 Å². The Kier molecular flexibility index (Phi) is 4.94. The average molecular weight is 316 g/mol. The molecule has 0 saturated carbocycles. The number of carbonyl (C=O) groups is 1. The van der Waals surface area contributed by atoms with Crippen molar-refractivity contribution in [2.75, 3.05) is 31.6 Å². The highest BCUT2D eigenvalue weighted by Crippen LogP contribution is 2.19. The number of ether oxygens (including phenoxy) is 1. The van der Waals surface area contributed by atoms with E-state index < -0.39 is 0 Å². The second-order valence-corrected chi connectivity index (χ2v) is 5.38. The topological polar surface area (TPSA) is 96.0 Å². The van der Waals surface area contributed by atoms with Gasteiger partial charge in [-0.25, -0.2) is 4.98 Å². The summed E-state index contributed by atoms with van der Waals surface area (Å²) >= 11 is 0. The average Bonchev–Trinajstić information content (AvgIpc) is 3.05. The maximum absolute atomic E-state index is 12.1. The largest absolute Gasteiger partial charge is 0.367 e. The molecule has 2 aromatic heterocycles. The highest BCUT2D eigenvalue weighted by molar-refractivity contribution is 5.92. The first-order valence-electron chi connectivity index (χ1n) is 7.69. The number of nitrogens with one attached hydrogen (secondary N) is 2. The van der Waals surface area contributed by atoms with Gasteiger partial charge in [-0.15, -0.1) is 0 Å². The molecule has 1 aliphatic heterocycles. The second kappa shape index (κ2) is 7.30. The number of aromatic nitrogens is 4. The lowest BCUT2D eigenvalue weighted by Crippen LogP contribution is -2.42. The van der Waals surface area contributed by atoms with Gasteiger partial charge in [-0.2, -0.15) is 5.10 Å². The first kappa shape index (κ1) is 15.6. The molecule has 8 nitrogen and oxygen atoms in total. The summed E-state index contributed by atoms with van der Waals surface area (Å²) in [6.45, 7) is 4.19. The van der Waals surface area contributed by atoms with E-state index in [2.05, 4.69) is 25.5 Å². The van der Waals surface area contributed by atoms with Crippen LogP contribution < -0.4 is 5.32 Å². The summed E-state index contributed by atoms with van der Waals surface area (Å²) < 4.78 is 5.72. The fraction of sp³-hybridized carbons (Fsp3) is 0.467. The van der Waals surface area contributed by atoms with E-state index in [0.29, 0.717) is 37.8 Å². The summed E-state index contributed by atoms with van der Waals surface area (Å²) in [6, 6.07) is 3.60. The smallest absolute Gasteiger partial charge is 0.238 e. The van der Waals surface area contributed by atoms with Crippen LogP contribution in [0.15, 0.2) is 24.5 Å². The van der Waals surface area contributed by atoms with Gasteiger partial charge in [0.1, 0.15) is 11.9 Å². The van der Waals surface area contributed by atoms with E-state index in [1.807, 2.05) is 17.9 Å². The molecule has 0 aliphatic carbocycles. The highest BCUT2D eigenvalue weighted by Gasteiger charge is 2.26. The summed E-state index contributed by atoms with van der Waals surface area (Å²) in [4.78, 5) is 22.5. The molecular weight excluding hydrogens is 296 g/mol. The number of anilines is 1. The number of H-pyrrole nitrogens is 1. The molecule has 1 amide bonds. The number of hydrogen-bond donors (Lipinski definition) is 2. The normalized spacial score (nSPS) is 18.7. The molecule has 0 unspecified atom stereocenters. The van der Waals surface area contributed by atoms with Crippen molar-refractivity contribution in [3.05, 3.63) is 36.2 Å². The van der Waals surface area contributed by atoms with Crippen molar-refractivity contribution >= 4 is 11.6 Å². The number of morpholine rings is 1. The summed E-state index contributed by atoms with van der Waals surface area (Å²) in [6.07, 6.45) is 3.90.